The van der Waals surface area contributed by atoms with Gasteiger partial charge in [0.25, 0.3) is 0 Å². The second kappa shape index (κ2) is 6.31. The first-order valence-electron chi connectivity index (χ1n) is 6.73. The molecular weight excluding hydrogens is 260 g/mol. The Morgan fingerprint density at radius 2 is 2.30 bits per heavy atom. The van der Waals surface area contributed by atoms with Crippen LogP contribution in [0.4, 0.5) is 0 Å². The van der Waals surface area contributed by atoms with E-state index < -0.39 is 5.97 Å². The molecule has 1 N–H and O–H groups in total. The van der Waals surface area contributed by atoms with Gasteiger partial charge in [-0.25, -0.2) is 4.68 Å². The van der Waals surface area contributed by atoms with E-state index in [2.05, 4.69) is 15.5 Å². The molecule has 2 heterocycles. The number of tetrazole rings is 1. The Labute approximate surface area is 116 Å². The zero-order valence-corrected chi connectivity index (χ0v) is 11.6. The normalized spacial score (nSPS) is 12.5. The third-order valence-corrected chi connectivity index (χ3v) is 3.18. The van der Waals surface area contributed by atoms with Crippen LogP contribution < -0.4 is 0 Å². The van der Waals surface area contributed by atoms with Crippen molar-refractivity contribution in [1.82, 2.24) is 20.2 Å². The number of furan rings is 1. The first-order chi connectivity index (χ1) is 9.67. The van der Waals surface area contributed by atoms with Crippen LogP contribution in [0.15, 0.2) is 16.7 Å². The van der Waals surface area contributed by atoms with Crippen molar-refractivity contribution < 1.29 is 14.3 Å². The Bertz CT molecular complexity index is 576. The Balaban J connectivity index is 2.37. The summed E-state index contributed by atoms with van der Waals surface area (Å²) in [6.07, 6.45) is 3.91. The highest BCUT2D eigenvalue weighted by Gasteiger charge is 2.22. The second-order valence-electron chi connectivity index (χ2n) is 4.60. The van der Waals surface area contributed by atoms with Crippen LogP contribution in [-0.2, 0) is 11.2 Å². The number of rotatable bonds is 7. The maximum atomic E-state index is 11.0. The molecule has 1 atom stereocenters. The minimum Gasteiger partial charge on any atom is -0.481 e. The minimum absolute atomic E-state index is 0.00515. The van der Waals surface area contributed by atoms with Crippen LogP contribution in [0.3, 0.4) is 0 Å². The van der Waals surface area contributed by atoms with E-state index in [1.165, 1.54) is 0 Å². The third-order valence-electron chi connectivity index (χ3n) is 3.18. The number of carbonyl (C=O) groups is 1. The van der Waals surface area contributed by atoms with Crippen molar-refractivity contribution in [3.63, 3.8) is 0 Å². The van der Waals surface area contributed by atoms with Gasteiger partial charge < -0.3 is 9.52 Å². The summed E-state index contributed by atoms with van der Waals surface area (Å²) in [6.45, 7) is 3.99. The molecule has 2 rings (SSSR count). The Kier molecular flexibility index (Phi) is 4.49. The molecule has 0 aliphatic carbocycles. The van der Waals surface area contributed by atoms with Crippen molar-refractivity contribution in [3.05, 3.63) is 18.1 Å². The summed E-state index contributed by atoms with van der Waals surface area (Å²) in [5, 5.41) is 20.7. The number of aryl methyl sites for hydroxylation is 1. The molecule has 0 amide bonds. The van der Waals surface area contributed by atoms with Gasteiger partial charge in [0, 0.05) is 6.42 Å². The highest BCUT2D eigenvalue weighted by Crippen LogP contribution is 2.27. The molecule has 0 aliphatic rings. The number of hydrogen-bond donors (Lipinski definition) is 1. The largest absolute Gasteiger partial charge is 0.481 e. The van der Waals surface area contributed by atoms with Gasteiger partial charge in [-0.2, -0.15) is 0 Å². The molecule has 0 radical (unpaired) electrons. The van der Waals surface area contributed by atoms with Gasteiger partial charge in [0.1, 0.15) is 5.76 Å². The number of hydrogen-bond acceptors (Lipinski definition) is 5. The van der Waals surface area contributed by atoms with E-state index in [0.29, 0.717) is 12.2 Å². The van der Waals surface area contributed by atoms with Gasteiger partial charge in [-0.15, -0.1) is 5.10 Å². The molecule has 1 unspecified atom stereocenters. The summed E-state index contributed by atoms with van der Waals surface area (Å²) < 4.78 is 6.99. The average Bonchev–Trinajstić information content (AvgIpc) is 3.05. The molecular formula is C13H18N4O3. The van der Waals surface area contributed by atoms with Crippen molar-refractivity contribution in [2.45, 2.75) is 45.6 Å². The lowest BCUT2D eigenvalue weighted by molar-refractivity contribution is -0.138. The Hall–Kier alpha value is -2.18. The number of carboxylic acid groups (broad SMARTS) is 1. The number of nitrogens with zero attached hydrogens (tertiary/aromatic N) is 4. The topological polar surface area (TPSA) is 94.0 Å². The van der Waals surface area contributed by atoms with E-state index in [-0.39, 0.29) is 12.5 Å². The lowest BCUT2D eigenvalue weighted by Gasteiger charge is -2.15. The summed E-state index contributed by atoms with van der Waals surface area (Å²) in [5.74, 6) is 0.509. The van der Waals surface area contributed by atoms with E-state index >= 15 is 0 Å². The monoisotopic (exact) mass is 278 g/mol. The Morgan fingerprint density at radius 3 is 2.95 bits per heavy atom. The van der Waals surface area contributed by atoms with Gasteiger partial charge in [0.15, 0.2) is 5.82 Å². The fraction of sp³-hybridized carbons (Fsp3) is 0.538. The highest BCUT2D eigenvalue weighted by molar-refractivity contribution is 5.67. The van der Waals surface area contributed by atoms with Crippen molar-refractivity contribution in [2.75, 3.05) is 0 Å². The molecule has 20 heavy (non-hydrogen) atoms. The minimum atomic E-state index is -0.854. The fourth-order valence-electron chi connectivity index (χ4n) is 2.28. The van der Waals surface area contributed by atoms with Crippen LogP contribution in [-0.4, -0.2) is 31.3 Å². The first kappa shape index (κ1) is 14.2. The summed E-state index contributed by atoms with van der Waals surface area (Å²) in [6, 6.07) is 1.56. The molecule has 0 saturated carbocycles. The maximum absolute atomic E-state index is 11.0. The van der Waals surface area contributed by atoms with E-state index in [1.54, 1.807) is 10.9 Å². The molecule has 7 nitrogen and oxygen atoms in total. The van der Waals surface area contributed by atoms with Crippen molar-refractivity contribution >= 4 is 5.97 Å². The Morgan fingerprint density at radius 1 is 1.50 bits per heavy atom. The van der Waals surface area contributed by atoms with Crippen molar-refractivity contribution in [1.29, 1.82) is 0 Å². The zero-order chi connectivity index (χ0) is 14.5. The molecule has 2 aromatic rings. The van der Waals surface area contributed by atoms with Crippen molar-refractivity contribution in [2.24, 2.45) is 0 Å². The lowest BCUT2D eigenvalue weighted by atomic mass is 10.1. The van der Waals surface area contributed by atoms with Gasteiger partial charge in [-0.05, 0) is 22.9 Å². The average molecular weight is 278 g/mol. The predicted molar refractivity (Wildman–Crippen MR) is 71.1 cm³/mol. The molecule has 0 aliphatic heterocycles. The summed E-state index contributed by atoms with van der Waals surface area (Å²) in [7, 11) is 0. The number of aliphatic carboxylic acids is 1. The summed E-state index contributed by atoms with van der Waals surface area (Å²) in [5.41, 5.74) is 0.823. The zero-order valence-electron chi connectivity index (χ0n) is 11.6. The van der Waals surface area contributed by atoms with Crippen LogP contribution in [0.2, 0.25) is 0 Å². The van der Waals surface area contributed by atoms with Gasteiger partial charge in [0.05, 0.1) is 24.3 Å². The van der Waals surface area contributed by atoms with Crippen LogP contribution in [0.5, 0.6) is 0 Å². The molecule has 0 spiro atoms. The van der Waals surface area contributed by atoms with Crippen LogP contribution in [0.25, 0.3) is 11.4 Å². The smallest absolute Gasteiger partial charge is 0.305 e. The molecule has 0 bridgehead atoms. The summed E-state index contributed by atoms with van der Waals surface area (Å²) >= 11 is 0. The summed E-state index contributed by atoms with van der Waals surface area (Å²) in [4.78, 5) is 11.0. The molecule has 2 aromatic heterocycles. The molecule has 7 heteroatoms. The van der Waals surface area contributed by atoms with E-state index in [9.17, 15) is 4.79 Å². The molecule has 108 valence electrons. The van der Waals surface area contributed by atoms with Gasteiger partial charge in [-0.1, -0.05) is 20.3 Å². The van der Waals surface area contributed by atoms with Crippen molar-refractivity contribution in [3.8, 4) is 11.4 Å². The first-order valence-corrected chi connectivity index (χ1v) is 6.73. The van der Waals surface area contributed by atoms with E-state index in [0.717, 1.165) is 24.2 Å². The van der Waals surface area contributed by atoms with Gasteiger partial charge in [0.2, 0.25) is 0 Å². The number of aromatic nitrogens is 4. The van der Waals surface area contributed by atoms with Gasteiger partial charge in [-0.3, -0.25) is 4.79 Å². The van der Waals surface area contributed by atoms with E-state index in [1.807, 2.05) is 19.9 Å². The highest BCUT2D eigenvalue weighted by atomic mass is 16.4. The lowest BCUT2D eigenvalue weighted by Crippen LogP contribution is -2.16. The molecule has 0 aromatic carbocycles. The predicted octanol–water partition coefficient (Wildman–Crippen LogP) is 2.31. The second-order valence-corrected chi connectivity index (χ2v) is 4.60. The van der Waals surface area contributed by atoms with Gasteiger partial charge >= 0.3 is 5.97 Å². The SMILES string of the molecule is CCCC(CC(=O)O)n1nnnc1-c1ccoc1CC. The quantitative estimate of drug-likeness (QED) is 0.835. The van der Waals surface area contributed by atoms with Crippen LogP contribution in [0.1, 0.15) is 44.9 Å². The van der Waals surface area contributed by atoms with Crippen LogP contribution in [0, 0.1) is 0 Å². The van der Waals surface area contributed by atoms with E-state index in [4.69, 9.17) is 9.52 Å². The molecule has 0 saturated heterocycles. The number of carboxylic acids is 1. The third kappa shape index (κ3) is 2.87. The standard InChI is InChI=1S/C13H18N4O3/c1-3-5-9(8-12(18)19)17-13(14-15-16-17)10-6-7-20-11(10)4-2/h6-7,9H,3-5,8H2,1-2H3,(H,18,19). The maximum Gasteiger partial charge on any atom is 0.305 e. The fourth-order valence-corrected chi connectivity index (χ4v) is 2.28. The van der Waals surface area contributed by atoms with Crippen LogP contribution >= 0.6 is 0 Å². The molecule has 0 fully saturated rings.